The van der Waals surface area contributed by atoms with E-state index in [9.17, 15) is 18.0 Å². The van der Waals surface area contributed by atoms with Crippen LogP contribution in [-0.4, -0.2) is 51.6 Å². The monoisotopic (exact) mass is 365 g/mol. The lowest BCUT2D eigenvalue weighted by Gasteiger charge is -2.27. The van der Waals surface area contributed by atoms with Gasteiger partial charge in [-0.25, -0.2) is 4.79 Å². The van der Waals surface area contributed by atoms with Crippen molar-refractivity contribution in [1.29, 1.82) is 0 Å². The number of cyclic esters (lactones) is 1. The smallest absolute Gasteiger partial charge is 0.338 e. The molecule has 140 valence electrons. The van der Waals surface area contributed by atoms with Crippen molar-refractivity contribution in [3.05, 3.63) is 0 Å². The molecule has 1 rings (SSSR count). The molecule has 24 heavy (non-hydrogen) atoms. The Hall–Kier alpha value is -1.19. The molecule has 0 aliphatic carbocycles. The quantitative estimate of drug-likeness (QED) is 0.366. The average molecular weight is 365 g/mol. The van der Waals surface area contributed by atoms with Crippen molar-refractivity contribution in [2.45, 2.75) is 53.4 Å². The van der Waals surface area contributed by atoms with Crippen LogP contribution in [0.15, 0.2) is 0 Å². The first kappa shape index (κ1) is 20.9. The van der Waals surface area contributed by atoms with E-state index in [0.717, 1.165) is 0 Å². The highest BCUT2D eigenvalue weighted by atomic mass is 32.2. The first-order chi connectivity index (χ1) is 10.9. The van der Waals surface area contributed by atoms with Gasteiger partial charge >= 0.3 is 5.97 Å². The zero-order chi connectivity index (χ0) is 18.5. The van der Waals surface area contributed by atoms with Gasteiger partial charge in [0, 0.05) is 24.8 Å². The summed E-state index contributed by atoms with van der Waals surface area (Å²) >= 11 is 0. The summed E-state index contributed by atoms with van der Waals surface area (Å²) in [4.78, 5) is 22.7. The molecule has 0 aromatic rings. The largest absolute Gasteiger partial charge is 0.434 e. The number of hydrogen-bond acceptors (Lipinski definition) is 7. The van der Waals surface area contributed by atoms with Crippen LogP contribution >= 0.6 is 0 Å². The Morgan fingerprint density at radius 3 is 2.50 bits per heavy atom. The van der Waals surface area contributed by atoms with Crippen LogP contribution in [0.2, 0.25) is 0 Å². The standard InChI is InChI=1S/C15H27NO7S/c1-10(2)14-22-12(13(18)23-14)15(4,5)9-21-24(19,20)8-6-7-16-11(3)17/h10,12,14H,6-9H2,1-5H3,(H,16,17)/t12-,14?/m0/s1. The Kier molecular flexibility index (Phi) is 7.18. The van der Waals surface area contributed by atoms with Gasteiger partial charge in [-0.2, -0.15) is 8.42 Å². The van der Waals surface area contributed by atoms with E-state index in [4.69, 9.17) is 13.7 Å². The maximum Gasteiger partial charge on any atom is 0.338 e. The zero-order valence-corrected chi connectivity index (χ0v) is 15.6. The summed E-state index contributed by atoms with van der Waals surface area (Å²) in [6, 6.07) is 0. The lowest BCUT2D eigenvalue weighted by molar-refractivity contribution is -0.147. The molecule has 9 heteroatoms. The summed E-state index contributed by atoms with van der Waals surface area (Å²) < 4.78 is 39.6. The van der Waals surface area contributed by atoms with E-state index in [0.29, 0.717) is 0 Å². The number of esters is 1. The van der Waals surface area contributed by atoms with E-state index in [1.54, 1.807) is 13.8 Å². The highest BCUT2D eigenvalue weighted by molar-refractivity contribution is 7.86. The van der Waals surface area contributed by atoms with E-state index < -0.39 is 33.9 Å². The van der Waals surface area contributed by atoms with Crippen molar-refractivity contribution in [3.8, 4) is 0 Å². The number of hydrogen-bond donors (Lipinski definition) is 1. The minimum atomic E-state index is -3.75. The number of carbonyl (C=O) groups is 2. The first-order valence-electron chi connectivity index (χ1n) is 7.92. The van der Waals surface area contributed by atoms with Gasteiger partial charge in [-0.15, -0.1) is 0 Å². The third kappa shape index (κ3) is 6.37. The molecular weight excluding hydrogens is 338 g/mol. The second kappa shape index (κ2) is 8.26. The van der Waals surface area contributed by atoms with E-state index in [1.165, 1.54) is 6.92 Å². The molecule has 0 saturated carbocycles. The Bertz CT molecular complexity index is 556. The van der Waals surface area contributed by atoms with Gasteiger partial charge in [-0.05, 0) is 6.42 Å². The fraction of sp³-hybridized carbons (Fsp3) is 0.867. The van der Waals surface area contributed by atoms with Crippen LogP contribution < -0.4 is 5.32 Å². The van der Waals surface area contributed by atoms with Crippen molar-refractivity contribution in [2.24, 2.45) is 11.3 Å². The van der Waals surface area contributed by atoms with Crippen molar-refractivity contribution in [1.82, 2.24) is 5.32 Å². The normalized spacial score (nSPS) is 21.8. The summed E-state index contributed by atoms with van der Waals surface area (Å²) in [6.07, 6.45) is -1.25. The number of ether oxygens (including phenoxy) is 2. The van der Waals surface area contributed by atoms with Crippen molar-refractivity contribution >= 4 is 22.0 Å². The summed E-state index contributed by atoms with van der Waals surface area (Å²) in [5.74, 6) is -0.932. The molecule has 0 radical (unpaired) electrons. The molecule has 1 saturated heterocycles. The Morgan fingerprint density at radius 2 is 2.00 bits per heavy atom. The van der Waals surface area contributed by atoms with Gasteiger partial charge in [0.2, 0.25) is 12.2 Å². The van der Waals surface area contributed by atoms with Crippen LogP contribution in [0, 0.1) is 11.3 Å². The van der Waals surface area contributed by atoms with Crippen LogP contribution in [0.3, 0.4) is 0 Å². The van der Waals surface area contributed by atoms with Crippen LogP contribution in [0.5, 0.6) is 0 Å². The Labute approximate surface area is 143 Å². The fourth-order valence-electron chi connectivity index (χ4n) is 2.08. The summed E-state index contributed by atoms with van der Waals surface area (Å²) in [5, 5.41) is 2.52. The first-order valence-corrected chi connectivity index (χ1v) is 9.50. The van der Waals surface area contributed by atoms with Crippen LogP contribution in [0.1, 0.15) is 41.0 Å². The molecule has 8 nitrogen and oxygen atoms in total. The second-order valence-corrected chi connectivity index (χ2v) is 8.67. The number of amides is 1. The van der Waals surface area contributed by atoms with Crippen LogP contribution in [-0.2, 0) is 33.4 Å². The SMILES string of the molecule is CC(=O)NCCCS(=O)(=O)OCC(C)(C)[C@H]1OC(C(C)C)OC1=O. The molecule has 1 aliphatic rings. The third-order valence-electron chi connectivity index (χ3n) is 3.53. The van der Waals surface area contributed by atoms with Gasteiger partial charge < -0.3 is 14.8 Å². The molecule has 1 heterocycles. The molecule has 1 aliphatic heterocycles. The molecule has 0 aromatic heterocycles. The van der Waals surface area contributed by atoms with Crippen molar-refractivity contribution in [2.75, 3.05) is 18.9 Å². The van der Waals surface area contributed by atoms with E-state index >= 15 is 0 Å². The fourth-order valence-corrected chi connectivity index (χ4v) is 3.18. The van der Waals surface area contributed by atoms with Crippen LogP contribution in [0.4, 0.5) is 0 Å². The molecule has 1 unspecified atom stereocenters. The topological polar surface area (TPSA) is 108 Å². The van der Waals surface area contributed by atoms with E-state index in [-0.39, 0.29) is 37.2 Å². The summed E-state index contributed by atoms with van der Waals surface area (Å²) in [7, 11) is -3.75. The minimum Gasteiger partial charge on any atom is -0.434 e. The number of rotatable bonds is 9. The number of nitrogens with one attached hydrogen (secondary N) is 1. The molecule has 1 fully saturated rings. The predicted molar refractivity (Wildman–Crippen MR) is 86.4 cm³/mol. The van der Waals surface area contributed by atoms with E-state index in [2.05, 4.69) is 5.32 Å². The van der Waals surface area contributed by atoms with Gasteiger partial charge in [0.1, 0.15) is 0 Å². The molecule has 0 spiro atoms. The lowest BCUT2D eigenvalue weighted by Crippen LogP contribution is -2.39. The van der Waals surface area contributed by atoms with Gasteiger partial charge in [0.05, 0.1) is 12.4 Å². The maximum absolute atomic E-state index is 11.9. The van der Waals surface area contributed by atoms with Crippen molar-refractivity contribution in [3.63, 3.8) is 0 Å². The van der Waals surface area contributed by atoms with Gasteiger partial charge in [-0.3, -0.25) is 8.98 Å². The summed E-state index contributed by atoms with van der Waals surface area (Å²) in [5.41, 5.74) is -0.856. The van der Waals surface area contributed by atoms with Gasteiger partial charge in [-0.1, -0.05) is 27.7 Å². The lowest BCUT2D eigenvalue weighted by atomic mass is 9.88. The molecule has 0 aromatic carbocycles. The Balaban J connectivity index is 2.52. The molecule has 1 N–H and O–H groups in total. The highest BCUT2D eigenvalue weighted by Gasteiger charge is 2.46. The molecule has 2 atom stereocenters. The highest BCUT2D eigenvalue weighted by Crippen LogP contribution is 2.33. The van der Waals surface area contributed by atoms with Gasteiger partial charge in [0.25, 0.3) is 10.1 Å². The molecule has 0 bridgehead atoms. The zero-order valence-electron chi connectivity index (χ0n) is 14.8. The minimum absolute atomic E-state index is 0.00757. The van der Waals surface area contributed by atoms with Gasteiger partial charge in [0.15, 0.2) is 6.10 Å². The average Bonchev–Trinajstić information content (AvgIpc) is 2.85. The maximum atomic E-state index is 11.9. The van der Waals surface area contributed by atoms with Crippen molar-refractivity contribution < 1.29 is 31.7 Å². The Morgan fingerprint density at radius 1 is 1.38 bits per heavy atom. The number of carbonyl (C=O) groups excluding carboxylic acids is 2. The summed E-state index contributed by atoms with van der Waals surface area (Å²) in [6.45, 7) is 8.53. The molecule has 1 amide bonds. The second-order valence-electron chi connectivity index (χ2n) is 6.91. The molecular formula is C15H27NO7S. The third-order valence-corrected chi connectivity index (χ3v) is 4.79. The predicted octanol–water partition coefficient (Wildman–Crippen LogP) is 0.809. The van der Waals surface area contributed by atoms with E-state index in [1.807, 2.05) is 13.8 Å². The van der Waals surface area contributed by atoms with Crippen LogP contribution in [0.25, 0.3) is 0 Å².